The fraction of sp³-hybridized carbons (Fsp3) is 0.0357. The van der Waals surface area contributed by atoms with Gasteiger partial charge in [0.15, 0.2) is 11.2 Å². The Labute approximate surface area is 235 Å². The molecule has 0 radical (unpaired) electrons. The van der Waals surface area contributed by atoms with E-state index in [1.54, 1.807) is 47.2 Å². The van der Waals surface area contributed by atoms with Crippen molar-refractivity contribution in [3.8, 4) is 34.0 Å². The average Bonchev–Trinajstić information content (AvgIpc) is 3.42. The fourth-order valence-electron chi connectivity index (χ4n) is 4.37. The molecule has 1 atom stereocenters. The van der Waals surface area contributed by atoms with E-state index in [1.807, 2.05) is 48.5 Å². The molecule has 1 unspecified atom stereocenters. The minimum atomic E-state index is -2.39. The first kappa shape index (κ1) is 25.7. The topological polar surface area (TPSA) is 131 Å². The molecule has 198 valence electrons. The minimum absolute atomic E-state index is 0.122. The quantitative estimate of drug-likeness (QED) is 0.285. The van der Waals surface area contributed by atoms with Crippen LogP contribution in [0.15, 0.2) is 102 Å². The van der Waals surface area contributed by atoms with E-state index < -0.39 is 11.3 Å². The number of nitrogens with one attached hydrogen (secondary N) is 1. The number of hydrogen-bond acceptors (Lipinski definition) is 7. The molecule has 6 rings (SSSR count). The van der Waals surface area contributed by atoms with Crippen molar-refractivity contribution in [2.45, 2.75) is 6.54 Å². The molecule has 3 aromatic carbocycles. The molecule has 0 fully saturated rings. The Morgan fingerprint density at radius 3 is 2.42 bits per heavy atom. The van der Waals surface area contributed by atoms with Gasteiger partial charge in [-0.25, -0.2) is 14.7 Å². The third-order valence-electron chi connectivity index (χ3n) is 6.25. The Balaban J connectivity index is 1.53. The molecule has 1 N–H and O–H groups in total. The number of nitrogens with zero attached hydrogens (tertiary/aromatic N) is 6. The number of benzene rings is 3. The van der Waals surface area contributed by atoms with Crippen molar-refractivity contribution < 1.29 is 8.76 Å². The Morgan fingerprint density at radius 1 is 0.925 bits per heavy atom. The normalized spacial score (nSPS) is 12.1. The summed E-state index contributed by atoms with van der Waals surface area (Å²) < 4.78 is 27.5. The summed E-state index contributed by atoms with van der Waals surface area (Å²) >= 11 is 3.73. The Bertz CT molecular complexity index is 1910. The molecule has 12 heteroatoms. The molecule has 10 nitrogen and oxygen atoms in total. The van der Waals surface area contributed by atoms with E-state index in [1.165, 1.54) is 10.9 Å². The van der Waals surface area contributed by atoms with Crippen molar-refractivity contribution in [3.05, 3.63) is 118 Å². The standard InChI is InChI=1S/C28H20ClN7O3S/c29-21-10-12-22(13-11-21)36-26(20-8-6-19(7-9-20)24-5-2-14-31-34-24)33-27-25(28(36)37)30-17-35(27)23-4-1-3-18(15-23)16-32-40(38)39/h1-15,17,32H,16H2,(H,38,39)/p-1. The van der Waals surface area contributed by atoms with Crippen LogP contribution in [0.2, 0.25) is 5.02 Å². The molecule has 0 saturated carbocycles. The van der Waals surface area contributed by atoms with Gasteiger partial charge in [0, 0.05) is 45.8 Å². The van der Waals surface area contributed by atoms with Gasteiger partial charge < -0.3 is 4.55 Å². The molecule has 3 heterocycles. The van der Waals surface area contributed by atoms with Crippen molar-refractivity contribution >= 4 is 34.0 Å². The number of imidazole rings is 1. The molecule has 3 aromatic heterocycles. The van der Waals surface area contributed by atoms with Crippen LogP contribution in [-0.4, -0.2) is 38.1 Å². The summed E-state index contributed by atoms with van der Waals surface area (Å²) in [5, 5.41) is 8.65. The summed E-state index contributed by atoms with van der Waals surface area (Å²) in [5.41, 5.74) is 4.48. The van der Waals surface area contributed by atoms with E-state index in [-0.39, 0.29) is 17.6 Å². The lowest BCUT2D eigenvalue weighted by Crippen LogP contribution is -2.22. The monoisotopic (exact) mass is 568 g/mol. The van der Waals surface area contributed by atoms with Crippen LogP contribution in [0.5, 0.6) is 0 Å². The van der Waals surface area contributed by atoms with Gasteiger partial charge in [-0.05, 0) is 54.1 Å². The Hall–Kier alpha value is -4.55. The highest BCUT2D eigenvalue weighted by atomic mass is 35.5. The molecule has 0 aliphatic carbocycles. The van der Waals surface area contributed by atoms with Crippen molar-refractivity contribution in [3.63, 3.8) is 0 Å². The fourth-order valence-corrected chi connectivity index (χ4v) is 4.78. The Kier molecular flexibility index (Phi) is 7.01. The molecular formula is C28H19ClN7O3S-. The Morgan fingerprint density at radius 2 is 1.70 bits per heavy atom. The minimum Gasteiger partial charge on any atom is -0.760 e. The maximum atomic E-state index is 13.9. The van der Waals surface area contributed by atoms with E-state index in [0.29, 0.717) is 33.4 Å². The van der Waals surface area contributed by atoms with Gasteiger partial charge in [0.2, 0.25) is 0 Å². The van der Waals surface area contributed by atoms with Crippen molar-refractivity contribution in [2.75, 3.05) is 0 Å². The van der Waals surface area contributed by atoms with Crippen LogP contribution in [0.1, 0.15) is 5.56 Å². The molecule has 0 saturated heterocycles. The third kappa shape index (κ3) is 5.06. The lowest BCUT2D eigenvalue weighted by Gasteiger charge is -2.14. The molecule has 0 aliphatic rings. The van der Waals surface area contributed by atoms with Crippen LogP contribution in [0.3, 0.4) is 0 Å². The highest BCUT2D eigenvalue weighted by molar-refractivity contribution is 7.77. The number of halogens is 1. The molecule has 0 bridgehead atoms. The van der Waals surface area contributed by atoms with Gasteiger partial charge in [-0.1, -0.05) is 48.0 Å². The summed E-state index contributed by atoms with van der Waals surface area (Å²) in [4.78, 5) is 23.2. The molecule has 0 aliphatic heterocycles. The average molecular weight is 569 g/mol. The van der Waals surface area contributed by atoms with Gasteiger partial charge in [-0.2, -0.15) is 10.2 Å². The number of fused-ring (bicyclic) bond motifs is 1. The van der Waals surface area contributed by atoms with Crippen molar-refractivity contribution in [1.29, 1.82) is 0 Å². The van der Waals surface area contributed by atoms with Crippen LogP contribution < -0.4 is 10.3 Å². The van der Waals surface area contributed by atoms with Crippen LogP contribution >= 0.6 is 11.6 Å². The molecule has 0 spiro atoms. The van der Waals surface area contributed by atoms with Gasteiger partial charge in [0.1, 0.15) is 12.2 Å². The first-order valence-corrected chi connectivity index (χ1v) is 13.5. The number of aromatic nitrogens is 6. The van der Waals surface area contributed by atoms with Crippen LogP contribution in [0.4, 0.5) is 0 Å². The van der Waals surface area contributed by atoms with E-state index in [0.717, 1.165) is 16.8 Å². The predicted octanol–water partition coefficient (Wildman–Crippen LogP) is 4.23. The van der Waals surface area contributed by atoms with Crippen molar-refractivity contribution in [2.24, 2.45) is 0 Å². The molecule has 6 aromatic rings. The van der Waals surface area contributed by atoms with Crippen LogP contribution in [0.25, 0.3) is 45.2 Å². The second kappa shape index (κ2) is 10.9. The second-order valence-corrected chi connectivity index (χ2v) is 9.95. The zero-order valence-electron chi connectivity index (χ0n) is 20.6. The van der Waals surface area contributed by atoms with E-state index in [9.17, 15) is 13.6 Å². The maximum absolute atomic E-state index is 13.9. The predicted molar refractivity (Wildman–Crippen MR) is 152 cm³/mol. The second-order valence-electron chi connectivity index (χ2n) is 8.75. The van der Waals surface area contributed by atoms with Gasteiger partial charge >= 0.3 is 0 Å². The summed E-state index contributed by atoms with van der Waals surface area (Å²) in [5.74, 6) is 0.409. The lowest BCUT2D eigenvalue weighted by molar-refractivity contribution is 0.522. The zero-order chi connectivity index (χ0) is 27.6. The summed E-state index contributed by atoms with van der Waals surface area (Å²) in [6.45, 7) is 0.122. The van der Waals surface area contributed by atoms with Gasteiger partial charge in [0.05, 0.1) is 11.4 Å². The highest BCUT2D eigenvalue weighted by Gasteiger charge is 2.19. The lowest BCUT2D eigenvalue weighted by atomic mass is 10.1. The highest BCUT2D eigenvalue weighted by Crippen LogP contribution is 2.26. The summed E-state index contributed by atoms with van der Waals surface area (Å²) in [7, 11) is 0. The largest absolute Gasteiger partial charge is 0.760 e. The van der Waals surface area contributed by atoms with Crippen LogP contribution in [-0.2, 0) is 17.8 Å². The third-order valence-corrected chi connectivity index (χ3v) is 6.88. The van der Waals surface area contributed by atoms with E-state index in [4.69, 9.17) is 16.6 Å². The zero-order valence-corrected chi connectivity index (χ0v) is 22.2. The number of hydrogen-bond donors (Lipinski definition) is 1. The van der Waals surface area contributed by atoms with E-state index in [2.05, 4.69) is 19.9 Å². The molecule has 40 heavy (non-hydrogen) atoms. The molecular weight excluding hydrogens is 550 g/mol. The van der Waals surface area contributed by atoms with Crippen LogP contribution in [0, 0.1) is 0 Å². The first-order chi connectivity index (χ1) is 19.5. The number of rotatable bonds is 7. The first-order valence-electron chi connectivity index (χ1n) is 12.0. The van der Waals surface area contributed by atoms with Crippen molar-refractivity contribution in [1.82, 2.24) is 34.0 Å². The van der Waals surface area contributed by atoms with Gasteiger partial charge in [-0.3, -0.25) is 18.1 Å². The smallest absolute Gasteiger partial charge is 0.286 e. The summed E-state index contributed by atoms with van der Waals surface area (Å²) in [6, 6.07) is 25.4. The van der Waals surface area contributed by atoms with Gasteiger partial charge in [-0.15, -0.1) is 0 Å². The van der Waals surface area contributed by atoms with E-state index >= 15 is 0 Å². The SMILES string of the molecule is O=c1c2ncn(-c3cccc(CNS(=O)[O-])c3)c2nc(-c2ccc(-c3cccnn3)cc2)n1-c1ccc(Cl)cc1. The molecule has 0 amide bonds. The maximum Gasteiger partial charge on any atom is 0.286 e. The van der Waals surface area contributed by atoms with Gasteiger partial charge in [0.25, 0.3) is 5.56 Å². The summed E-state index contributed by atoms with van der Waals surface area (Å²) in [6.07, 6.45) is 3.15.